The molecule has 2 fully saturated rings. The van der Waals surface area contributed by atoms with Gasteiger partial charge in [-0.3, -0.25) is 9.59 Å². The van der Waals surface area contributed by atoms with Crippen LogP contribution in [0, 0.1) is 5.92 Å². The fourth-order valence-electron chi connectivity index (χ4n) is 3.92. The van der Waals surface area contributed by atoms with Gasteiger partial charge in [0.2, 0.25) is 5.91 Å². The van der Waals surface area contributed by atoms with Crippen molar-refractivity contribution >= 4 is 24.2 Å². The molecule has 2 aliphatic rings. The largest absolute Gasteiger partial charge is 0.484 e. The number of ether oxygens (including phenoxy) is 1. The van der Waals surface area contributed by atoms with Crippen molar-refractivity contribution in [3.05, 3.63) is 29.8 Å². The summed E-state index contributed by atoms with van der Waals surface area (Å²) in [6, 6.07) is 7.89. The summed E-state index contributed by atoms with van der Waals surface area (Å²) in [6.07, 6.45) is 3.98. The average Bonchev–Trinajstić information content (AvgIpc) is 3.26. The van der Waals surface area contributed by atoms with Gasteiger partial charge >= 0.3 is 0 Å². The van der Waals surface area contributed by atoms with E-state index in [0.717, 1.165) is 44.5 Å². The van der Waals surface area contributed by atoms with Crippen LogP contribution < -0.4 is 15.4 Å². The van der Waals surface area contributed by atoms with Gasteiger partial charge in [0.05, 0.1) is 6.04 Å². The van der Waals surface area contributed by atoms with Crippen molar-refractivity contribution in [3.63, 3.8) is 0 Å². The third kappa shape index (κ3) is 6.89. The second kappa shape index (κ2) is 11.4. The lowest BCUT2D eigenvalue weighted by Crippen LogP contribution is -2.47. The molecule has 2 amide bonds. The highest BCUT2D eigenvalue weighted by Crippen LogP contribution is 2.20. The Morgan fingerprint density at radius 1 is 1.21 bits per heavy atom. The van der Waals surface area contributed by atoms with Gasteiger partial charge in [-0.05, 0) is 61.8 Å². The molecule has 2 N–H and O–H groups in total. The van der Waals surface area contributed by atoms with Gasteiger partial charge in [-0.2, -0.15) is 0 Å². The summed E-state index contributed by atoms with van der Waals surface area (Å²) in [6.45, 7) is 7.38. The van der Waals surface area contributed by atoms with Gasteiger partial charge in [0, 0.05) is 19.6 Å². The van der Waals surface area contributed by atoms with E-state index < -0.39 is 0 Å². The number of nitrogens with zero attached hydrogens (tertiary/aromatic N) is 1. The third-order valence-electron chi connectivity index (χ3n) is 5.72. The maximum absolute atomic E-state index is 12.5. The zero-order valence-electron chi connectivity index (χ0n) is 17.5. The highest BCUT2D eigenvalue weighted by Gasteiger charge is 2.26. The lowest BCUT2D eigenvalue weighted by atomic mass is 9.97. The van der Waals surface area contributed by atoms with Crippen LogP contribution in [0.2, 0.25) is 0 Å². The van der Waals surface area contributed by atoms with Crippen LogP contribution in [-0.2, 0) is 9.59 Å². The van der Waals surface area contributed by atoms with E-state index in [2.05, 4.69) is 24.5 Å². The second-order valence-electron chi connectivity index (χ2n) is 8.25. The molecular formula is C22H34ClN3O3. The Bertz CT molecular complexity index is 660. The summed E-state index contributed by atoms with van der Waals surface area (Å²) in [4.78, 5) is 26.6. The first-order chi connectivity index (χ1) is 13.5. The highest BCUT2D eigenvalue weighted by molar-refractivity contribution is 5.85. The molecule has 0 aromatic heterocycles. The van der Waals surface area contributed by atoms with Crippen LogP contribution in [0.5, 0.6) is 5.75 Å². The van der Waals surface area contributed by atoms with E-state index in [9.17, 15) is 9.59 Å². The summed E-state index contributed by atoms with van der Waals surface area (Å²) in [5, 5.41) is 6.28. The Morgan fingerprint density at radius 3 is 2.62 bits per heavy atom. The van der Waals surface area contributed by atoms with Crippen molar-refractivity contribution in [2.24, 2.45) is 5.92 Å². The monoisotopic (exact) mass is 423 g/mol. The molecule has 3 rings (SSSR count). The molecule has 162 valence electrons. The lowest BCUT2D eigenvalue weighted by Gasteiger charge is -2.33. The zero-order chi connectivity index (χ0) is 19.9. The van der Waals surface area contributed by atoms with Gasteiger partial charge in [0.25, 0.3) is 5.91 Å². The number of hydrogen-bond donors (Lipinski definition) is 2. The minimum atomic E-state index is -0.0446. The Morgan fingerprint density at radius 2 is 1.97 bits per heavy atom. The van der Waals surface area contributed by atoms with Crippen LogP contribution in [0.4, 0.5) is 0 Å². The average molecular weight is 424 g/mol. The minimum absolute atomic E-state index is 0. The lowest BCUT2D eigenvalue weighted by molar-refractivity contribution is -0.135. The molecule has 2 heterocycles. The predicted molar refractivity (Wildman–Crippen MR) is 117 cm³/mol. The van der Waals surface area contributed by atoms with Crippen LogP contribution in [0.3, 0.4) is 0 Å². The van der Waals surface area contributed by atoms with Crippen LogP contribution in [-0.4, -0.2) is 55.5 Å². The van der Waals surface area contributed by atoms with E-state index in [-0.39, 0.29) is 36.9 Å². The SMILES string of the molecule is CC(C)c1ccc(OCC(=O)N2CCCC(CNC(=O)C3CCCN3)C2)cc1.Cl. The summed E-state index contributed by atoms with van der Waals surface area (Å²) < 4.78 is 5.69. The van der Waals surface area contributed by atoms with Gasteiger partial charge in [-0.15, -0.1) is 12.4 Å². The molecular weight excluding hydrogens is 390 g/mol. The smallest absolute Gasteiger partial charge is 0.260 e. The first kappa shape index (κ1) is 23.5. The Kier molecular flexibility index (Phi) is 9.24. The van der Waals surface area contributed by atoms with Gasteiger partial charge in [0.1, 0.15) is 5.75 Å². The normalized spacial score (nSPS) is 21.6. The van der Waals surface area contributed by atoms with Crippen molar-refractivity contribution < 1.29 is 14.3 Å². The van der Waals surface area contributed by atoms with Gasteiger partial charge in [-0.1, -0.05) is 26.0 Å². The number of benzene rings is 1. The first-order valence-corrected chi connectivity index (χ1v) is 10.5. The number of hydrogen-bond acceptors (Lipinski definition) is 4. The van der Waals surface area contributed by atoms with Crippen LogP contribution >= 0.6 is 12.4 Å². The molecule has 29 heavy (non-hydrogen) atoms. The van der Waals surface area contributed by atoms with Gasteiger partial charge < -0.3 is 20.3 Å². The van der Waals surface area contributed by atoms with Crippen LogP contribution in [0.1, 0.15) is 51.0 Å². The fourth-order valence-corrected chi connectivity index (χ4v) is 3.92. The molecule has 7 heteroatoms. The molecule has 2 saturated heterocycles. The molecule has 2 aliphatic heterocycles. The minimum Gasteiger partial charge on any atom is -0.484 e. The van der Waals surface area contributed by atoms with E-state index >= 15 is 0 Å². The van der Waals surface area contributed by atoms with E-state index in [4.69, 9.17) is 4.74 Å². The predicted octanol–water partition coefficient (Wildman–Crippen LogP) is 2.72. The van der Waals surface area contributed by atoms with Crippen LogP contribution in [0.15, 0.2) is 24.3 Å². The molecule has 1 aromatic carbocycles. The summed E-state index contributed by atoms with van der Waals surface area (Å²) >= 11 is 0. The molecule has 0 saturated carbocycles. The van der Waals surface area contributed by atoms with Crippen LogP contribution in [0.25, 0.3) is 0 Å². The molecule has 6 nitrogen and oxygen atoms in total. The molecule has 0 spiro atoms. The van der Waals surface area contributed by atoms with Crippen molar-refractivity contribution in [2.75, 3.05) is 32.8 Å². The topological polar surface area (TPSA) is 70.7 Å². The van der Waals surface area contributed by atoms with E-state index in [1.54, 1.807) is 0 Å². The van der Waals surface area contributed by atoms with Crippen molar-refractivity contribution in [1.82, 2.24) is 15.5 Å². The van der Waals surface area contributed by atoms with E-state index in [1.165, 1.54) is 5.56 Å². The van der Waals surface area contributed by atoms with Gasteiger partial charge in [-0.25, -0.2) is 0 Å². The summed E-state index contributed by atoms with van der Waals surface area (Å²) in [5.74, 6) is 1.62. The Hall–Kier alpha value is -1.79. The van der Waals surface area contributed by atoms with Crippen molar-refractivity contribution in [1.29, 1.82) is 0 Å². The quantitative estimate of drug-likeness (QED) is 0.707. The number of halogens is 1. The molecule has 0 radical (unpaired) electrons. The standard InChI is InChI=1S/C22H33N3O3.ClH/c1-16(2)18-7-9-19(10-8-18)28-15-21(26)25-12-4-5-17(14-25)13-24-22(27)20-6-3-11-23-20;/h7-10,16-17,20,23H,3-6,11-15H2,1-2H3,(H,24,27);1H. The number of carbonyl (C=O) groups is 2. The maximum Gasteiger partial charge on any atom is 0.260 e. The van der Waals surface area contributed by atoms with E-state index in [1.807, 2.05) is 29.2 Å². The summed E-state index contributed by atoms with van der Waals surface area (Å²) in [7, 11) is 0. The third-order valence-corrected chi connectivity index (χ3v) is 5.72. The molecule has 2 unspecified atom stereocenters. The van der Waals surface area contributed by atoms with Gasteiger partial charge in [0.15, 0.2) is 6.61 Å². The number of piperidine rings is 1. The molecule has 0 aliphatic carbocycles. The Labute approximate surface area is 180 Å². The molecule has 2 atom stereocenters. The second-order valence-corrected chi connectivity index (χ2v) is 8.25. The zero-order valence-corrected chi connectivity index (χ0v) is 18.3. The van der Waals surface area contributed by atoms with E-state index in [0.29, 0.717) is 24.9 Å². The molecule has 1 aromatic rings. The maximum atomic E-state index is 12.5. The number of carbonyl (C=O) groups excluding carboxylic acids is 2. The summed E-state index contributed by atoms with van der Waals surface area (Å²) in [5.41, 5.74) is 1.26. The highest BCUT2D eigenvalue weighted by atomic mass is 35.5. The number of amides is 2. The Balaban J connectivity index is 0.00000300. The van der Waals surface area contributed by atoms with Crippen molar-refractivity contribution in [2.45, 2.75) is 51.5 Å². The first-order valence-electron chi connectivity index (χ1n) is 10.5. The number of nitrogens with one attached hydrogen (secondary N) is 2. The van der Waals surface area contributed by atoms with Crippen molar-refractivity contribution in [3.8, 4) is 5.75 Å². The number of likely N-dealkylation sites (tertiary alicyclic amines) is 1. The molecule has 0 bridgehead atoms. The number of rotatable bonds is 7. The fraction of sp³-hybridized carbons (Fsp3) is 0.636.